The van der Waals surface area contributed by atoms with E-state index in [1.807, 2.05) is 0 Å². The Morgan fingerprint density at radius 1 is 1.17 bits per heavy atom. The molecule has 168 valence electrons. The molecule has 9 nitrogen and oxygen atoms in total. The second-order valence-electron chi connectivity index (χ2n) is 5.90. The quantitative estimate of drug-likeness (QED) is 0.190. The van der Waals surface area contributed by atoms with Gasteiger partial charge in [0.2, 0.25) is 0 Å². The number of nitrogens with zero attached hydrogens (tertiary/aromatic N) is 1. The van der Waals surface area contributed by atoms with Crippen molar-refractivity contribution in [1.29, 1.82) is 0 Å². The third-order valence-electron chi connectivity index (χ3n) is 3.61. The fourth-order valence-electron chi connectivity index (χ4n) is 2.03. The van der Waals surface area contributed by atoms with Gasteiger partial charge in [-0.05, 0) is 6.92 Å². The van der Waals surface area contributed by atoms with Crippen LogP contribution in [0.3, 0.4) is 0 Å². The monoisotopic (exact) mass is 455 g/mol. The standard InChI is InChI=1S/C14H18F5NO8S/c1-9(2)10(21)28-13(14(17,18)19,11(22)20-4-7-26-8-5-20)27-6-3-12(15,16)29(23,24)25/h1,3-8H2,2H3,(H,23,24,25). The van der Waals surface area contributed by atoms with Gasteiger partial charge < -0.3 is 19.1 Å². The molecule has 0 aromatic rings. The van der Waals surface area contributed by atoms with Gasteiger partial charge in [0.1, 0.15) is 0 Å². The van der Waals surface area contributed by atoms with Crippen LogP contribution in [0, 0.1) is 0 Å². The van der Waals surface area contributed by atoms with Crippen molar-refractivity contribution in [2.24, 2.45) is 0 Å². The molecule has 0 aliphatic carbocycles. The Kier molecular flexibility index (Phi) is 7.72. The number of alkyl halides is 5. The summed E-state index contributed by atoms with van der Waals surface area (Å²) in [5.74, 6) is -7.96. The summed E-state index contributed by atoms with van der Waals surface area (Å²) in [5, 5.41) is -4.87. The molecule has 1 amide bonds. The van der Waals surface area contributed by atoms with E-state index < -0.39 is 57.8 Å². The molecule has 1 rings (SSSR count). The highest BCUT2D eigenvalue weighted by molar-refractivity contribution is 7.86. The number of hydrogen-bond donors (Lipinski definition) is 1. The summed E-state index contributed by atoms with van der Waals surface area (Å²) in [5.41, 5.74) is -0.555. The number of esters is 1. The third kappa shape index (κ3) is 5.83. The van der Waals surface area contributed by atoms with Crippen LogP contribution in [0.15, 0.2) is 12.2 Å². The molecular weight excluding hydrogens is 437 g/mol. The van der Waals surface area contributed by atoms with Crippen molar-refractivity contribution in [1.82, 2.24) is 4.90 Å². The minimum atomic E-state index is -5.96. The van der Waals surface area contributed by atoms with Gasteiger partial charge in [0.15, 0.2) is 0 Å². The molecule has 1 aliphatic heterocycles. The normalized spacial score (nSPS) is 18.1. The fraction of sp³-hybridized carbons (Fsp3) is 0.714. The Balaban J connectivity index is 3.27. The smallest absolute Gasteiger partial charge is 0.412 e. The van der Waals surface area contributed by atoms with Crippen LogP contribution in [0.2, 0.25) is 0 Å². The molecule has 1 aliphatic rings. The summed E-state index contributed by atoms with van der Waals surface area (Å²) >= 11 is 0. The second kappa shape index (κ2) is 8.89. The van der Waals surface area contributed by atoms with Crippen LogP contribution in [0.5, 0.6) is 0 Å². The van der Waals surface area contributed by atoms with Crippen molar-refractivity contribution < 1.29 is 58.7 Å². The average molecular weight is 455 g/mol. The Bertz CT molecular complexity index is 748. The predicted molar refractivity (Wildman–Crippen MR) is 84.2 cm³/mol. The van der Waals surface area contributed by atoms with Crippen molar-refractivity contribution in [3.8, 4) is 0 Å². The minimum Gasteiger partial charge on any atom is -0.412 e. The number of carbonyl (C=O) groups excluding carboxylic acids is 2. The van der Waals surface area contributed by atoms with E-state index in [-0.39, 0.29) is 26.3 Å². The first kappa shape index (κ1) is 25.2. The van der Waals surface area contributed by atoms with Crippen molar-refractivity contribution in [2.75, 3.05) is 32.9 Å². The molecule has 1 atom stereocenters. The van der Waals surface area contributed by atoms with Crippen molar-refractivity contribution in [3.05, 3.63) is 12.2 Å². The third-order valence-corrected chi connectivity index (χ3v) is 4.57. The van der Waals surface area contributed by atoms with Crippen molar-refractivity contribution in [3.63, 3.8) is 0 Å². The van der Waals surface area contributed by atoms with Crippen LogP contribution in [0.4, 0.5) is 22.0 Å². The summed E-state index contributed by atoms with van der Waals surface area (Å²) in [7, 11) is -5.96. The molecule has 0 bridgehead atoms. The SMILES string of the molecule is C=C(C)C(=O)OC(OCCC(F)(F)S(=O)(=O)O)(C(=O)N1CCOCC1)C(F)(F)F. The zero-order valence-electron chi connectivity index (χ0n) is 15.0. The van der Waals surface area contributed by atoms with E-state index in [1.54, 1.807) is 0 Å². The van der Waals surface area contributed by atoms with E-state index in [2.05, 4.69) is 16.1 Å². The highest BCUT2D eigenvalue weighted by Crippen LogP contribution is 2.38. The van der Waals surface area contributed by atoms with Gasteiger partial charge in [-0.3, -0.25) is 9.35 Å². The molecule has 0 aromatic carbocycles. The van der Waals surface area contributed by atoms with Crippen LogP contribution < -0.4 is 0 Å². The van der Waals surface area contributed by atoms with E-state index >= 15 is 0 Å². The number of ether oxygens (including phenoxy) is 3. The maximum atomic E-state index is 13.8. The van der Waals surface area contributed by atoms with Crippen LogP contribution in [0.1, 0.15) is 13.3 Å². The lowest BCUT2D eigenvalue weighted by atomic mass is 10.2. The molecule has 1 unspecified atom stereocenters. The number of hydrogen-bond acceptors (Lipinski definition) is 7. The summed E-state index contributed by atoms with van der Waals surface area (Å²) in [6.45, 7) is 1.35. The van der Waals surface area contributed by atoms with Gasteiger partial charge in [-0.2, -0.15) is 30.4 Å². The van der Waals surface area contributed by atoms with E-state index in [0.717, 1.165) is 6.92 Å². The van der Waals surface area contributed by atoms with E-state index in [4.69, 9.17) is 9.29 Å². The number of rotatable bonds is 8. The molecule has 1 fully saturated rings. The lowest BCUT2D eigenvalue weighted by Crippen LogP contribution is -2.63. The predicted octanol–water partition coefficient (Wildman–Crippen LogP) is 1.11. The molecule has 0 spiro atoms. The first-order valence-electron chi connectivity index (χ1n) is 7.86. The van der Waals surface area contributed by atoms with Gasteiger partial charge in [-0.15, -0.1) is 0 Å². The molecule has 1 heterocycles. The van der Waals surface area contributed by atoms with Gasteiger partial charge in [0, 0.05) is 18.7 Å². The summed E-state index contributed by atoms with van der Waals surface area (Å²) in [6, 6.07) is 0. The zero-order valence-corrected chi connectivity index (χ0v) is 15.8. The minimum absolute atomic E-state index is 0.144. The Labute approximate surface area is 162 Å². The van der Waals surface area contributed by atoms with Crippen LogP contribution in [-0.2, 0) is 33.9 Å². The van der Waals surface area contributed by atoms with Gasteiger partial charge in [0.25, 0.3) is 0 Å². The maximum Gasteiger partial charge on any atom is 0.466 e. The lowest BCUT2D eigenvalue weighted by Gasteiger charge is -2.38. The second-order valence-corrected chi connectivity index (χ2v) is 7.45. The Hall–Kier alpha value is -1.84. The number of halogens is 5. The number of carbonyl (C=O) groups is 2. The average Bonchev–Trinajstić information content (AvgIpc) is 2.58. The van der Waals surface area contributed by atoms with E-state index in [1.165, 1.54) is 0 Å². The lowest BCUT2D eigenvalue weighted by molar-refractivity contribution is -0.351. The van der Waals surface area contributed by atoms with Crippen molar-refractivity contribution in [2.45, 2.75) is 30.6 Å². The molecule has 0 radical (unpaired) electrons. The molecule has 29 heavy (non-hydrogen) atoms. The fourth-order valence-corrected chi connectivity index (χ4v) is 2.37. The van der Waals surface area contributed by atoms with Gasteiger partial charge in [0.05, 0.1) is 26.2 Å². The van der Waals surface area contributed by atoms with Crippen molar-refractivity contribution >= 4 is 22.0 Å². The van der Waals surface area contributed by atoms with Gasteiger partial charge in [-0.1, -0.05) is 6.58 Å². The molecular formula is C14H18F5NO8S. The largest absolute Gasteiger partial charge is 0.466 e. The molecule has 1 N–H and O–H groups in total. The summed E-state index contributed by atoms with van der Waals surface area (Å²) in [6.07, 6.45) is -7.69. The van der Waals surface area contributed by atoms with Gasteiger partial charge in [-0.25, -0.2) is 4.79 Å². The van der Waals surface area contributed by atoms with E-state index in [9.17, 15) is 40.0 Å². The Morgan fingerprint density at radius 3 is 2.10 bits per heavy atom. The first-order chi connectivity index (χ1) is 13.1. The number of amides is 1. The first-order valence-corrected chi connectivity index (χ1v) is 9.30. The summed E-state index contributed by atoms with van der Waals surface area (Å²) in [4.78, 5) is 24.9. The Morgan fingerprint density at radius 2 is 1.69 bits per heavy atom. The molecule has 15 heteroatoms. The highest BCUT2D eigenvalue weighted by atomic mass is 32.2. The number of morpholine rings is 1. The highest BCUT2D eigenvalue weighted by Gasteiger charge is 2.67. The molecule has 1 saturated heterocycles. The van der Waals surface area contributed by atoms with Crippen LogP contribution in [-0.4, -0.2) is 79.9 Å². The van der Waals surface area contributed by atoms with Crippen LogP contribution in [0.25, 0.3) is 0 Å². The van der Waals surface area contributed by atoms with E-state index in [0.29, 0.717) is 4.90 Å². The summed E-state index contributed by atoms with van der Waals surface area (Å²) < 4.78 is 111. The molecule has 0 aromatic heterocycles. The van der Waals surface area contributed by atoms with Gasteiger partial charge >= 0.3 is 39.2 Å². The molecule has 0 saturated carbocycles. The zero-order chi connectivity index (χ0) is 22.7. The topological polar surface area (TPSA) is 119 Å². The maximum absolute atomic E-state index is 13.8. The van der Waals surface area contributed by atoms with Crippen LogP contribution >= 0.6 is 0 Å².